The minimum Gasteiger partial charge on any atom is -0.480 e. The van der Waals surface area contributed by atoms with Crippen molar-refractivity contribution in [2.45, 2.75) is 25.9 Å². The zero-order valence-corrected chi connectivity index (χ0v) is 35.3. The summed E-state index contributed by atoms with van der Waals surface area (Å²) in [6.07, 6.45) is 0.301. The maximum Gasteiger partial charge on any atom is 0.435 e. The lowest BCUT2D eigenvalue weighted by Crippen LogP contribution is -2.52. The van der Waals surface area contributed by atoms with Gasteiger partial charge in [-0.3, -0.25) is 24.1 Å². The number of carbonyl (C=O) groups excluding carboxylic acids is 3. The Balaban J connectivity index is 0.957. The van der Waals surface area contributed by atoms with Crippen molar-refractivity contribution in [3.63, 3.8) is 0 Å². The Bertz CT molecular complexity index is 2250. The van der Waals surface area contributed by atoms with E-state index in [1.807, 2.05) is 11.8 Å². The number of aromatic nitrogens is 5. The predicted molar refractivity (Wildman–Crippen MR) is 224 cm³/mol. The SMILES string of the molecule is CCC(CCN(CC(=O)O)CC1CNC1)C(=O)N1CCN(C(=O)c2ccc(NC(=O)c3ncc(-c4cn(-c5ccc(N6CCNCC6)cn5)nc4C(F)(F)F)n3C)cc2Cl)CC1. The molecule has 3 aliphatic rings. The number of aliphatic carboxylic acids is 1. The highest BCUT2D eigenvalue weighted by Gasteiger charge is 2.39. The molecule has 17 nitrogen and oxygen atoms in total. The molecule has 7 rings (SSSR count). The molecule has 4 aromatic rings. The summed E-state index contributed by atoms with van der Waals surface area (Å²) in [6, 6.07) is 7.77. The van der Waals surface area contributed by atoms with Crippen LogP contribution in [0, 0.1) is 11.8 Å². The molecule has 0 aliphatic carbocycles. The number of benzene rings is 1. The van der Waals surface area contributed by atoms with E-state index in [9.17, 15) is 37.5 Å². The number of carboxylic acids is 1. The van der Waals surface area contributed by atoms with Gasteiger partial charge in [-0.05, 0) is 55.6 Å². The number of carboxylic acid groups (broad SMARTS) is 1. The molecule has 3 aromatic heterocycles. The van der Waals surface area contributed by atoms with Gasteiger partial charge in [-0.25, -0.2) is 14.6 Å². The summed E-state index contributed by atoms with van der Waals surface area (Å²) in [5.74, 6) is -1.85. The van der Waals surface area contributed by atoms with Crippen LogP contribution >= 0.6 is 11.6 Å². The molecule has 1 atom stereocenters. The Morgan fingerprint density at radius 1 is 0.984 bits per heavy atom. The maximum absolute atomic E-state index is 14.3. The first-order chi connectivity index (χ1) is 29.7. The summed E-state index contributed by atoms with van der Waals surface area (Å²) >= 11 is 6.57. The highest BCUT2D eigenvalue weighted by molar-refractivity contribution is 6.34. The molecule has 3 amide bonds. The van der Waals surface area contributed by atoms with Gasteiger partial charge in [0.15, 0.2) is 17.3 Å². The van der Waals surface area contributed by atoms with E-state index in [4.69, 9.17) is 11.6 Å². The van der Waals surface area contributed by atoms with Gasteiger partial charge in [0, 0.05) is 96.8 Å². The Morgan fingerprint density at radius 2 is 1.71 bits per heavy atom. The van der Waals surface area contributed by atoms with Gasteiger partial charge in [0.2, 0.25) is 5.91 Å². The monoisotopic (exact) mass is 882 g/mol. The van der Waals surface area contributed by atoms with Gasteiger partial charge in [0.25, 0.3) is 11.8 Å². The van der Waals surface area contributed by atoms with Gasteiger partial charge in [-0.1, -0.05) is 18.5 Å². The molecule has 0 spiro atoms. The molecule has 62 heavy (non-hydrogen) atoms. The van der Waals surface area contributed by atoms with Crippen molar-refractivity contribution in [3.8, 4) is 17.1 Å². The van der Waals surface area contributed by atoms with Crippen molar-refractivity contribution in [2.75, 3.05) is 95.3 Å². The quantitative estimate of drug-likeness (QED) is 0.137. The number of carbonyl (C=O) groups is 4. The van der Waals surface area contributed by atoms with Crippen molar-refractivity contribution < 1.29 is 37.5 Å². The average molecular weight is 883 g/mol. The van der Waals surface area contributed by atoms with E-state index in [1.54, 1.807) is 28.1 Å². The Hall–Kier alpha value is -5.57. The Labute approximate surface area is 361 Å². The fraction of sp³-hybridized carbons (Fsp3) is 0.488. The minimum atomic E-state index is -4.83. The molecular formula is C41H50ClF3N12O5. The molecule has 3 fully saturated rings. The predicted octanol–water partition coefficient (Wildman–Crippen LogP) is 3.31. The third-order valence-electron chi connectivity index (χ3n) is 11.6. The lowest BCUT2D eigenvalue weighted by Gasteiger charge is -2.37. The minimum absolute atomic E-state index is 0.00305. The van der Waals surface area contributed by atoms with E-state index >= 15 is 0 Å². The van der Waals surface area contributed by atoms with Crippen molar-refractivity contribution in [3.05, 3.63) is 71.0 Å². The molecule has 0 saturated carbocycles. The van der Waals surface area contributed by atoms with Crippen molar-refractivity contribution >= 4 is 46.7 Å². The van der Waals surface area contributed by atoms with Crippen LogP contribution in [0.4, 0.5) is 24.5 Å². The first-order valence-electron chi connectivity index (χ1n) is 20.6. The van der Waals surface area contributed by atoms with Gasteiger partial charge in [-0.15, -0.1) is 0 Å². The molecule has 0 radical (unpaired) electrons. The summed E-state index contributed by atoms with van der Waals surface area (Å²) in [4.78, 5) is 67.8. The highest BCUT2D eigenvalue weighted by atomic mass is 35.5. The van der Waals surface area contributed by atoms with Crippen LogP contribution in [-0.2, 0) is 22.8 Å². The normalized spacial score (nSPS) is 16.7. The number of amides is 3. The first kappa shape index (κ1) is 44.5. The molecule has 0 bridgehead atoms. The van der Waals surface area contributed by atoms with Gasteiger partial charge in [-0.2, -0.15) is 18.3 Å². The number of alkyl halides is 3. The molecule has 3 aliphatic heterocycles. The van der Waals surface area contributed by atoms with Gasteiger partial charge in [0.05, 0.1) is 46.5 Å². The van der Waals surface area contributed by atoms with Crippen molar-refractivity contribution in [1.29, 1.82) is 0 Å². The molecule has 21 heteroatoms. The average Bonchev–Trinajstić information content (AvgIpc) is 3.86. The zero-order valence-electron chi connectivity index (χ0n) is 34.5. The lowest BCUT2D eigenvalue weighted by molar-refractivity contribution is -0.141. The van der Waals surface area contributed by atoms with Crippen LogP contribution < -0.4 is 20.9 Å². The largest absolute Gasteiger partial charge is 0.480 e. The number of anilines is 2. The van der Waals surface area contributed by atoms with Crippen LogP contribution in [0.25, 0.3) is 17.1 Å². The van der Waals surface area contributed by atoms with Crippen LogP contribution in [0.1, 0.15) is 46.4 Å². The summed E-state index contributed by atoms with van der Waals surface area (Å²) in [5, 5.41) is 22.4. The Kier molecular flexibility index (Phi) is 13.8. The number of nitrogens with one attached hydrogen (secondary N) is 3. The van der Waals surface area contributed by atoms with Gasteiger partial charge >= 0.3 is 12.1 Å². The van der Waals surface area contributed by atoms with Gasteiger partial charge < -0.3 is 40.3 Å². The fourth-order valence-corrected chi connectivity index (χ4v) is 8.27. The summed E-state index contributed by atoms with van der Waals surface area (Å²) in [7, 11) is 1.42. The third kappa shape index (κ3) is 10.2. The fourth-order valence-electron chi connectivity index (χ4n) is 8.00. The highest BCUT2D eigenvalue weighted by Crippen LogP contribution is 2.37. The lowest BCUT2D eigenvalue weighted by atomic mass is 9.98. The number of hydrogen-bond acceptors (Lipinski definition) is 11. The number of pyridine rings is 1. The molecule has 1 unspecified atom stereocenters. The summed E-state index contributed by atoms with van der Waals surface area (Å²) in [5.41, 5.74) is -0.191. The van der Waals surface area contributed by atoms with E-state index in [2.05, 4.69) is 35.9 Å². The summed E-state index contributed by atoms with van der Waals surface area (Å²) < 4.78 is 45.2. The second kappa shape index (κ2) is 19.2. The van der Waals surface area contributed by atoms with E-state index in [-0.39, 0.29) is 76.5 Å². The molecule has 6 heterocycles. The van der Waals surface area contributed by atoms with E-state index < -0.39 is 23.7 Å². The van der Waals surface area contributed by atoms with Crippen LogP contribution in [0.3, 0.4) is 0 Å². The molecular weight excluding hydrogens is 833 g/mol. The van der Waals surface area contributed by atoms with Crippen LogP contribution in [0.15, 0.2) is 48.9 Å². The second-order valence-corrected chi connectivity index (χ2v) is 16.2. The number of halogens is 4. The standard InChI is InChI=1S/C41H50ClF3N12O5/c1-3-27(8-11-53(25-35(58)59)23-26-19-47-20-26)39(61)55-14-16-56(17-15-55)40(62)30-6-4-28(18-32(30)42)50-38(60)37-49-22-33(52(37)2)31-24-57(51-36(31)41(43,44)45)34-7-5-29(21-48-34)54-12-9-46-10-13-54/h4-7,18,21-22,24,26-27,46-47H,3,8-17,19-20,23,25H2,1-2H3,(H,50,60)(H,58,59). The van der Waals surface area contributed by atoms with Crippen LogP contribution in [0.2, 0.25) is 5.02 Å². The number of nitrogens with zero attached hydrogens (tertiary/aromatic N) is 9. The smallest absolute Gasteiger partial charge is 0.435 e. The van der Waals surface area contributed by atoms with Crippen molar-refractivity contribution in [2.24, 2.45) is 18.9 Å². The molecule has 332 valence electrons. The topological polar surface area (TPSA) is 186 Å². The second-order valence-electron chi connectivity index (χ2n) is 15.8. The van der Waals surface area contributed by atoms with E-state index in [0.29, 0.717) is 44.9 Å². The van der Waals surface area contributed by atoms with E-state index in [1.165, 1.54) is 42.2 Å². The number of rotatable bonds is 15. The number of piperazine rings is 2. The number of hydrogen-bond donors (Lipinski definition) is 4. The zero-order chi connectivity index (χ0) is 44.1. The molecule has 1 aromatic carbocycles. The van der Waals surface area contributed by atoms with Crippen LogP contribution in [0.5, 0.6) is 0 Å². The third-order valence-corrected chi connectivity index (χ3v) is 11.9. The number of imidazole rings is 1. The maximum atomic E-state index is 14.3. The Morgan fingerprint density at radius 3 is 2.32 bits per heavy atom. The first-order valence-corrected chi connectivity index (χ1v) is 21.0. The van der Waals surface area contributed by atoms with Crippen LogP contribution in [-0.4, -0.2) is 153 Å². The van der Waals surface area contributed by atoms with E-state index in [0.717, 1.165) is 49.6 Å². The van der Waals surface area contributed by atoms with Crippen molar-refractivity contribution in [1.82, 2.24) is 49.6 Å². The molecule has 3 saturated heterocycles. The van der Waals surface area contributed by atoms with Gasteiger partial charge in [0.1, 0.15) is 0 Å². The summed E-state index contributed by atoms with van der Waals surface area (Å²) in [6.45, 7) is 9.18. The molecule has 4 N–H and O–H groups in total.